The standard InChI is InChI=1S/C20H31N3O4S/c1-16(15-22-10-4-3-5-11-22)21-20(24)17-8-9-18(27-2)19(14-17)28(25,26)23-12-6-7-13-23/h8-9,14,16H,3-7,10-13,15H2,1-2H3,(H,21,24)/t16-/m1/s1. The van der Waals surface area contributed by atoms with Gasteiger partial charge in [0.15, 0.2) is 0 Å². The molecule has 1 aromatic rings. The van der Waals surface area contributed by atoms with Gasteiger partial charge in [0.25, 0.3) is 5.91 Å². The van der Waals surface area contributed by atoms with Gasteiger partial charge in [-0.25, -0.2) is 8.42 Å². The Morgan fingerprint density at radius 1 is 1.11 bits per heavy atom. The fourth-order valence-electron chi connectivity index (χ4n) is 3.97. The first-order valence-corrected chi connectivity index (χ1v) is 11.6. The van der Waals surface area contributed by atoms with E-state index in [2.05, 4.69) is 10.2 Å². The molecule has 3 rings (SSSR count). The second kappa shape index (κ2) is 9.24. The number of hydrogen-bond acceptors (Lipinski definition) is 5. The average molecular weight is 410 g/mol. The highest BCUT2D eigenvalue weighted by atomic mass is 32.2. The Labute approximate surface area is 168 Å². The first kappa shape index (κ1) is 21.1. The van der Waals surface area contributed by atoms with Crippen LogP contribution in [0.2, 0.25) is 0 Å². The van der Waals surface area contributed by atoms with Gasteiger partial charge in [0.1, 0.15) is 10.6 Å². The quantitative estimate of drug-likeness (QED) is 0.746. The maximum absolute atomic E-state index is 13.0. The molecule has 2 saturated heterocycles. The SMILES string of the molecule is COc1ccc(C(=O)N[C@H](C)CN2CCCCC2)cc1S(=O)(=O)N1CCCC1. The molecule has 0 aliphatic carbocycles. The van der Waals surface area contributed by atoms with Crippen molar-refractivity contribution in [3.63, 3.8) is 0 Å². The Kier molecular flexibility index (Phi) is 6.95. The highest BCUT2D eigenvalue weighted by Crippen LogP contribution is 2.29. The number of nitrogens with one attached hydrogen (secondary N) is 1. The smallest absolute Gasteiger partial charge is 0.251 e. The third-order valence-electron chi connectivity index (χ3n) is 5.47. The van der Waals surface area contributed by atoms with E-state index in [1.807, 2.05) is 6.92 Å². The second-order valence-electron chi connectivity index (χ2n) is 7.71. The van der Waals surface area contributed by atoms with Gasteiger partial charge in [-0.3, -0.25) is 4.79 Å². The van der Waals surface area contributed by atoms with Gasteiger partial charge in [0.2, 0.25) is 10.0 Å². The topological polar surface area (TPSA) is 79.0 Å². The number of rotatable bonds is 7. The van der Waals surface area contributed by atoms with Crippen LogP contribution < -0.4 is 10.1 Å². The van der Waals surface area contributed by atoms with Gasteiger partial charge in [-0.2, -0.15) is 4.31 Å². The summed E-state index contributed by atoms with van der Waals surface area (Å²) in [5.41, 5.74) is 0.337. The van der Waals surface area contributed by atoms with Gasteiger partial charge in [-0.15, -0.1) is 0 Å². The zero-order valence-electron chi connectivity index (χ0n) is 16.8. The Bertz CT molecular complexity index is 785. The van der Waals surface area contributed by atoms with Crippen LogP contribution in [0.3, 0.4) is 0 Å². The second-order valence-corrected chi connectivity index (χ2v) is 9.62. The van der Waals surface area contributed by atoms with Crippen LogP contribution in [0.25, 0.3) is 0 Å². The minimum Gasteiger partial charge on any atom is -0.495 e. The fraction of sp³-hybridized carbons (Fsp3) is 0.650. The van der Waals surface area contributed by atoms with E-state index in [0.717, 1.165) is 32.5 Å². The van der Waals surface area contributed by atoms with Crippen molar-refractivity contribution in [3.8, 4) is 5.75 Å². The molecule has 2 aliphatic heterocycles. The third kappa shape index (κ3) is 4.85. The summed E-state index contributed by atoms with van der Waals surface area (Å²) in [5, 5.41) is 3.00. The van der Waals surface area contributed by atoms with E-state index < -0.39 is 10.0 Å². The number of benzene rings is 1. The van der Waals surface area contributed by atoms with Crippen LogP contribution in [0, 0.1) is 0 Å². The Balaban J connectivity index is 1.73. The zero-order chi connectivity index (χ0) is 20.1. The molecule has 0 spiro atoms. The largest absolute Gasteiger partial charge is 0.495 e. The molecule has 1 aromatic carbocycles. The van der Waals surface area contributed by atoms with E-state index in [-0.39, 0.29) is 22.6 Å². The molecule has 0 saturated carbocycles. The molecule has 1 atom stereocenters. The molecule has 28 heavy (non-hydrogen) atoms. The van der Waals surface area contributed by atoms with Gasteiger partial charge in [0, 0.05) is 31.2 Å². The predicted molar refractivity (Wildman–Crippen MR) is 108 cm³/mol. The van der Waals surface area contributed by atoms with Crippen molar-refractivity contribution in [1.82, 2.24) is 14.5 Å². The number of likely N-dealkylation sites (tertiary alicyclic amines) is 1. The molecule has 0 bridgehead atoms. The summed E-state index contributed by atoms with van der Waals surface area (Å²) in [6.07, 6.45) is 5.40. The van der Waals surface area contributed by atoms with E-state index in [1.54, 1.807) is 12.1 Å². The molecular weight excluding hydrogens is 378 g/mol. The van der Waals surface area contributed by atoms with Crippen LogP contribution in [-0.2, 0) is 10.0 Å². The van der Waals surface area contributed by atoms with Crippen LogP contribution in [-0.4, -0.2) is 69.4 Å². The van der Waals surface area contributed by atoms with Gasteiger partial charge in [0.05, 0.1) is 7.11 Å². The lowest BCUT2D eigenvalue weighted by atomic mass is 10.1. The number of methoxy groups -OCH3 is 1. The lowest BCUT2D eigenvalue weighted by Gasteiger charge is -2.29. The maximum atomic E-state index is 13.0. The fourth-order valence-corrected chi connectivity index (χ4v) is 5.67. The molecule has 156 valence electrons. The highest BCUT2D eigenvalue weighted by Gasteiger charge is 2.30. The van der Waals surface area contributed by atoms with Crippen LogP contribution in [0.1, 0.15) is 49.4 Å². The summed E-state index contributed by atoms with van der Waals surface area (Å²) < 4.78 is 32.7. The molecule has 7 nitrogen and oxygen atoms in total. The van der Waals surface area contributed by atoms with E-state index in [9.17, 15) is 13.2 Å². The van der Waals surface area contributed by atoms with Gasteiger partial charge >= 0.3 is 0 Å². The molecule has 1 N–H and O–H groups in total. The lowest BCUT2D eigenvalue weighted by molar-refractivity contribution is 0.0925. The minimum absolute atomic E-state index is 0.00802. The Morgan fingerprint density at radius 3 is 2.39 bits per heavy atom. The Morgan fingerprint density at radius 2 is 1.75 bits per heavy atom. The molecule has 2 heterocycles. The van der Waals surface area contributed by atoms with Crippen molar-refractivity contribution in [2.45, 2.75) is 50.0 Å². The Hall–Kier alpha value is -1.64. The predicted octanol–water partition coefficient (Wildman–Crippen LogP) is 2.08. The number of sulfonamides is 1. The number of hydrogen-bond donors (Lipinski definition) is 1. The molecule has 0 aromatic heterocycles. The van der Waals surface area contributed by atoms with Gasteiger partial charge in [-0.1, -0.05) is 6.42 Å². The normalized spacial score (nSPS) is 20.1. The lowest BCUT2D eigenvalue weighted by Crippen LogP contribution is -2.43. The van der Waals surface area contributed by atoms with E-state index in [4.69, 9.17) is 4.74 Å². The summed E-state index contributed by atoms with van der Waals surface area (Å²) in [5.74, 6) is 0.00912. The van der Waals surface area contributed by atoms with E-state index >= 15 is 0 Å². The van der Waals surface area contributed by atoms with E-state index in [1.165, 1.54) is 36.7 Å². The molecular formula is C20H31N3O4S. The number of nitrogens with zero attached hydrogens (tertiary/aromatic N) is 2. The van der Waals surface area contributed by atoms with Crippen molar-refractivity contribution >= 4 is 15.9 Å². The maximum Gasteiger partial charge on any atom is 0.251 e. The summed E-state index contributed by atoms with van der Waals surface area (Å²) in [6.45, 7) is 5.95. The first-order chi connectivity index (χ1) is 13.4. The van der Waals surface area contributed by atoms with Crippen molar-refractivity contribution < 1.29 is 17.9 Å². The van der Waals surface area contributed by atoms with Crippen molar-refractivity contribution in [2.24, 2.45) is 0 Å². The summed E-state index contributed by atoms with van der Waals surface area (Å²) >= 11 is 0. The van der Waals surface area contributed by atoms with Crippen LogP contribution >= 0.6 is 0 Å². The van der Waals surface area contributed by atoms with Gasteiger partial charge < -0.3 is 15.0 Å². The number of ether oxygens (including phenoxy) is 1. The minimum atomic E-state index is -3.67. The molecule has 2 fully saturated rings. The molecule has 8 heteroatoms. The molecule has 1 amide bonds. The first-order valence-electron chi connectivity index (χ1n) is 10.1. The molecule has 2 aliphatic rings. The monoisotopic (exact) mass is 409 g/mol. The van der Waals surface area contributed by atoms with Crippen molar-refractivity contribution in [1.29, 1.82) is 0 Å². The summed E-state index contributed by atoms with van der Waals surface area (Å²) in [4.78, 5) is 15.1. The van der Waals surface area contributed by atoms with Crippen LogP contribution in [0.5, 0.6) is 5.75 Å². The van der Waals surface area contributed by atoms with Crippen LogP contribution in [0.15, 0.2) is 23.1 Å². The highest BCUT2D eigenvalue weighted by molar-refractivity contribution is 7.89. The number of piperidine rings is 1. The number of carbonyl (C=O) groups is 1. The van der Waals surface area contributed by atoms with Crippen LogP contribution in [0.4, 0.5) is 0 Å². The summed E-state index contributed by atoms with van der Waals surface area (Å²) in [6, 6.07) is 4.61. The third-order valence-corrected chi connectivity index (χ3v) is 7.39. The van der Waals surface area contributed by atoms with E-state index in [0.29, 0.717) is 18.7 Å². The van der Waals surface area contributed by atoms with Crippen molar-refractivity contribution in [2.75, 3.05) is 39.8 Å². The molecule has 0 radical (unpaired) electrons. The van der Waals surface area contributed by atoms with Crippen molar-refractivity contribution in [3.05, 3.63) is 23.8 Å². The number of amides is 1. The summed E-state index contributed by atoms with van der Waals surface area (Å²) in [7, 11) is -2.23. The van der Waals surface area contributed by atoms with Gasteiger partial charge in [-0.05, 0) is 63.9 Å². The average Bonchev–Trinajstić information content (AvgIpc) is 3.24. The molecule has 0 unspecified atom stereocenters. The zero-order valence-corrected chi connectivity index (χ0v) is 17.6. The number of carbonyl (C=O) groups excluding carboxylic acids is 1.